The first-order valence-electron chi connectivity index (χ1n) is 5.16. The van der Waals surface area contributed by atoms with Gasteiger partial charge in [0.05, 0.1) is 12.5 Å². The minimum atomic E-state index is -0.918. The zero-order valence-electron chi connectivity index (χ0n) is 10.5. The molecule has 0 amide bonds. The molecule has 0 aromatic heterocycles. The number of rotatable bonds is 3. The molecule has 0 aliphatic rings. The fourth-order valence-corrected chi connectivity index (χ4v) is 1.54. The van der Waals surface area contributed by atoms with Crippen LogP contribution in [0.25, 0.3) is 0 Å². The van der Waals surface area contributed by atoms with Crippen molar-refractivity contribution in [2.75, 3.05) is 7.11 Å². The van der Waals surface area contributed by atoms with E-state index in [-0.39, 0.29) is 23.9 Å². The number of hydrogen-bond donors (Lipinski definition) is 3. The van der Waals surface area contributed by atoms with Crippen LogP contribution in [0, 0.1) is 5.41 Å². The molecule has 18 heavy (non-hydrogen) atoms. The fraction of sp³-hybridized carbons (Fsp3) is 0.417. The third kappa shape index (κ3) is 3.05. The van der Waals surface area contributed by atoms with Crippen LogP contribution in [0.2, 0.25) is 0 Å². The summed E-state index contributed by atoms with van der Waals surface area (Å²) in [6, 6.07) is 3.59. The van der Waals surface area contributed by atoms with Gasteiger partial charge in [-0.2, -0.15) is 0 Å². The maximum atomic E-state index is 11.6. The number of esters is 1. The van der Waals surface area contributed by atoms with Gasteiger partial charge in [-0.05, 0) is 31.5 Å². The van der Waals surface area contributed by atoms with E-state index in [9.17, 15) is 15.0 Å². The van der Waals surface area contributed by atoms with E-state index in [4.69, 9.17) is 5.73 Å². The summed E-state index contributed by atoms with van der Waals surface area (Å²) < 4.78 is 4.68. The minimum Gasteiger partial charge on any atom is -0.504 e. The predicted octanol–water partition coefficient (Wildman–Crippen LogP) is 1.72. The number of halogens is 1. The van der Waals surface area contributed by atoms with Gasteiger partial charge < -0.3 is 20.7 Å². The van der Waals surface area contributed by atoms with Crippen molar-refractivity contribution in [2.45, 2.75) is 19.9 Å². The van der Waals surface area contributed by atoms with Crippen LogP contribution in [0.3, 0.4) is 0 Å². The Bertz CT molecular complexity index is 434. The Morgan fingerprint density at radius 1 is 1.33 bits per heavy atom. The van der Waals surface area contributed by atoms with E-state index in [2.05, 4.69) is 4.74 Å². The van der Waals surface area contributed by atoms with Gasteiger partial charge in [-0.3, -0.25) is 4.79 Å². The van der Waals surface area contributed by atoms with Crippen LogP contribution in [0.5, 0.6) is 11.5 Å². The molecule has 0 spiro atoms. The third-order valence-corrected chi connectivity index (χ3v) is 2.85. The lowest BCUT2D eigenvalue weighted by Crippen LogP contribution is -2.37. The molecule has 5 nitrogen and oxygen atoms in total. The number of hydrogen-bond acceptors (Lipinski definition) is 5. The van der Waals surface area contributed by atoms with Crippen molar-refractivity contribution in [3.8, 4) is 11.5 Å². The minimum absolute atomic E-state index is 0. The van der Waals surface area contributed by atoms with Gasteiger partial charge in [0.2, 0.25) is 0 Å². The summed E-state index contributed by atoms with van der Waals surface area (Å²) in [6.45, 7) is 3.32. The van der Waals surface area contributed by atoms with Gasteiger partial charge in [-0.1, -0.05) is 6.07 Å². The smallest absolute Gasteiger partial charge is 0.313 e. The SMILES string of the molecule is COC(=O)C(C)(C)[C@H](N)c1ccc(O)c(O)c1.Cl. The standard InChI is InChI=1S/C12H17NO4.ClH/c1-12(2,11(16)17-3)10(13)7-4-5-8(14)9(15)6-7;/h4-6,10,14-15H,13H2,1-3H3;1H/t10-;/m1./s1. The molecule has 0 saturated carbocycles. The molecule has 1 rings (SSSR count). The first-order chi connectivity index (χ1) is 7.80. The molecule has 0 radical (unpaired) electrons. The molecule has 0 heterocycles. The molecule has 6 heteroatoms. The Kier molecular flexibility index (Phi) is 5.45. The van der Waals surface area contributed by atoms with E-state index < -0.39 is 17.4 Å². The topological polar surface area (TPSA) is 92.8 Å². The maximum Gasteiger partial charge on any atom is 0.313 e. The quantitative estimate of drug-likeness (QED) is 0.577. The highest BCUT2D eigenvalue weighted by Crippen LogP contribution is 2.35. The highest BCUT2D eigenvalue weighted by atomic mass is 35.5. The van der Waals surface area contributed by atoms with Gasteiger partial charge in [0.15, 0.2) is 11.5 Å². The van der Waals surface area contributed by atoms with Crippen LogP contribution in [0.15, 0.2) is 18.2 Å². The number of phenols is 2. The Morgan fingerprint density at radius 2 is 1.89 bits per heavy atom. The molecule has 0 bridgehead atoms. The van der Waals surface area contributed by atoms with E-state index in [1.165, 1.54) is 19.2 Å². The molecule has 1 aromatic rings. The summed E-state index contributed by atoms with van der Waals surface area (Å²) in [5.74, 6) is -0.923. The summed E-state index contributed by atoms with van der Waals surface area (Å²) in [5.41, 5.74) is 5.61. The summed E-state index contributed by atoms with van der Waals surface area (Å²) >= 11 is 0. The zero-order chi connectivity index (χ0) is 13.2. The maximum absolute atomic E-state index is 11.6. The van der Waals surface area contributed by atoms with Gasteiger partial charge in [0.1, 0.15) is 0 Å². The van der Waals surface area contributed by atoms with Crippen molar-refractivity contribution in [3.05, 3.63) is 23.8 Å². The molecule has 4 N–H and O–H groups in total. The molecule has 0 saturated heterocycles. The molecule has 0 aliphatic heterocycles. The van der Waals surface area contributed by atoms with Crippen molar-refractivity contribution in [1.29, 1.82) is 0 Å². The second kappa shape index (κ2) is 5.93. The number of benzene rings is 1. The van der Waals surface area contributed by atoms with Crippen molar-refractivity contribution in [2.24, 2.45) is 11.1 Å². The van der Waals surface area contributed by atoms with Crippen LogP contribution < -0.4 is 5.73 Å². The lowest BCUT2D eigenvalue weighted by molar-refractivity contribution is -0.152. The zero-order valence-corrected chi connectivity index (χ0v) is 11.3. The van der Waals surface area contributed by atoms with Crippen molar-refractivity contribution < 1.29 is 19.7 Å². The first-order valence-corrected chi connectivity index (χ1v) is 5.16. The summed E-state index contributed by atoms with van der Waals surface area (Å²) in [5, 5.41) is 18.6. The molecular formula is C12H18ClNO4. The van der Waals surface area contributed by atoms with Crippen molar-refractivity contribution in [3.63, 3.8) is 0 Å². The summed E-state index contributed by atoms with van der Waals surface area (Å²) in [6.07, 6.45) is 0. The number of methoxy groups -OCH3 is 1. The van der Waals surface area contributed by atoms with E-state index in [0.29, 0.717) is 5.56 Å². The molecule has 0 aliphatic carbocycles. The Hall–Kier alpha value is -1.46. The van der Waals surface area contributed by atoms with Crippen LogP contribution in [0.1, 0.15) is 25.5 Å². The average molecular weight is 276 g/mol. The molecular weight excluding hydrogens is 258 g/mol. The number of nitrogens with two attached hydrogens (primary N) is 1. The number of carbonyl (C=O) groups is 1. The van der Waals surface area contributed by atoms with Crippen LogP contribution in [-0.4, -0.2) is 23.3 Å². The first kappa shape index (κ1) is 16.5. The third-order valence-electron chi connectivity index (χ3n) is 2.85. The van der Waals surface area contributed by atoms with Crippen LogP contribution in [0.4, 0.5) is 0 Å². The average Bonchev–Trinajstić information content (AvgIpc) is 2.30. The van der Waals surface area contributed by atoms with E-state index in [1.807, 2.05) is 0 Å². The monoisotopic (exact) mass is 275 g/mol. The number of carbonyl (C=O) groups excluding carboxylic acids is 1. The highest BCUT2D eigenvalue weighted by molar-refractivity contribution is 5.85. The molecule has 1 aromatic carbocycles. The molecule has 0 fully saturated rings. The van der Waals surface area contributed by atoms with Gasteiger partial charge in [0, 0.05) is 6.04 Å². The molecule has 0 unspecified atom stereocenters. The van der Waals surface area contributed by atoms with Crippen molar-refractivity contribution in [1.82, 2.24) is 0 Å². The highest BCUT2D eigenvalue weighted by Gasteiger charge is 2.36. The van der Waals surface area contributed by atoms with Crippen LogP contribution >= 0.6 is 12.4 Å². The van der Waals surface area contributed by atoms with Crippen molar-refractivity contribution >= 4 is 18.4 Å². The van der Waals surface area contributed by atoms with Gasteiger partial charge in [-0.15, -0.1) is 12.4 Å². The van der Waals surface area contributed by atoms with Crippen LogP contribution in [-0.2, 0) is 9.53 Å². The lowest BCUT2D eigenvalue weighted by atomic mass is 9.81. The second-order valence-electron chi connectivity index (χ2n) is 4.44. The number of ether oxygens (including phenoxy) is 1. The summed E-state index contributed by atoms with van der Waals surface area (Å²) in [7, 11) is 1.30. The predicted molar refractivity (Wildman–Crippen MR) is 69.7 cm³/mol. The lowest BCUT2D eigenvalue weighted by Gasteiger charge is -2.29. The largest absolute Gasteiger partial charge is 0.504 e. The Labute approximate surface area is 112 Å². The molecule has 102 valence electrons. The van der Waals surface area contributed by atoms with E-state index >= 15 is 0 Å². The van der Waals surface area contributed by atoms with Gasteiger partial charge in [-0.25, -0.2) is 0 Å². The number of phenolic OH excluding ortho intramolecular Hbond substituents is 2. The summed E-state index contributed by atoms with van der Waals surface area (Å²) in [4.78, 5) is 11.6. The van der Waals surface area contributed by atoms with Gasteiger partial charge in [0.25, 0.3) is 0 Å². The van der Waals surface area contributed by atoms with E-state index in [0.717, 1.165) is 0 Å². The Morgan fingerprint density at radius 3 is 2.33 bits per heavy atom. The molecule has 1 atom stereocenters. The van der Waals surface area contributed by atoms with E-state index in [1.54, 1.807) is 19.9 Å². The Balaban J connectivity index is 0.00000289. The number of aromatic hydroxyl groups is 2. The fourth-order valence-electron chi connectivity index (χ4n) is 1.54. The normalized spacial score (nSPS) is 12.4. The second-order valence-corrected chi connectivity index (χ2v) is 4.44. The van der Waals surface area contributed by atoms with Gasteiger partial charge >= 0.3 is 5.97 Å².